The van der Waals surface area contributed by atoms with E-state index < -0.39 is 11.9 Å². The van der Waals surface area contributed by atoms with Crippen LogP contribution in [0.1, 0.15) is 30.3 Å². The van der Waals surface area contributed by atoms with Gasteiger partial charge in [-0.15, -0.1) is 0 Å². The molecule has 0 spiro atoms. The first kappa shape index (κ1) is 18.7. The Bertz CT molecular complexity index is 934. The molecule has 1 aliphatic rings. The third-order valence-corrected chi connectivity index (χ3v) is 5.22. The zero-order valence-corrected chi connectivity index (χ0v) is 16.0. The van der Waals surface area contributed by atoms with Crippen molar-refractivity contribution in [3.05, 3.63) is 53.6 Å². The van der Waals surface area contributed by atoms with E-state index >= 15 is 0 Å². The van der Waals surface area contributed by atoms with Gasteiger partial charge in [-0.1, -0.05) is 12.1 Å². The van der Waals surface area contributed by atoms with Crippen molar-refractivity contribution < 1.29 is 19.0 Å². The maximum Gasteiger partial charge on any atom is 0.164 e. The molecule has 7 heteroatoms. The highest BCUT2D eigenvalue weighted by Crippen LogP contribution is 2.40. The second-order valence-corrected chi connectivity index (χ2v) is 7.20. The molecule has 1 atom stereocenters. The first-order chi connectivity index (χ1) is 13.5. The first-order valence-corrected chi connectivity index (χ1v) is 9.40. The smallest absolute Gasteiger partial charge is 0.164 e. The van der Waals surface area contributed by atoms with E-state index in [2.05, 4.69) is 21.9 Å². The van der Waals surface area contributed by atoms with E-state index in [9.17, 15) is 9.50 Å². The highest BCUT2D eigenvalue weighted by Gasteiger charge is 2.29. The lowest BCUT2D eigenvalue weighted by molar-refractivity contribution is -0.0273. The Kier molecular flexibility index (Phi) is 5.19. The van der Waals surface area contributed by atoms with Crippen molar-refractivity contribution in [1.82, 2.24) is 14.9 Å². The number of methoxy groups -OCH3 is 1. The largest absolute Gasteiger partial charge is 0.504 e. The molecular formula is C21H24FN3O3. The van der Waals surface area contributed by atoms with E-state index in [-0.39, 0.29) is 17.6 Å². The number of aromatic hydroxyl groups is 1. The standard InChI is InChI=1S/C21H24FN3O3/c1-25-9-7-14(8-10-25)28-20(15-11-13(22)12-18(27-2)19(15)26)21-23-16-5-3-4-6-17(16)24-21/h3-6,11-12,14,20,26H,7-10H2,1-2H3,(H,23,24). The molecule has 6 nitrogen and oxygen atoms in total. The number of aromatic amines is 1. The van der Waals surface area contributed by atoms with Crippen LogP contribution in [0.4, 0.5) is 4.39 Å². The number of hydrogen-bond donors (Lipinski definition) is 2. The number of halogens is 1. The molecule has 1 saturated heterocycles. The summed E-state index contributed by atoms with van der Waals surface area (Å²) in [7, 11) is 3.47. The Labute approximate surface area is 162 Å². The zero-order valence-electron chi connectivity index (χ0n) is 16.0. The number of imidazole rings is 1. The molecule has 3 aromatic rings. The van der Waals surface area contributed by atoms with Crippen molar-refractivity contribution in [2.24, 2.45) is 0 Å². The number of hydrogen-bond acceptors (Lipinski definition) is 5. The number of piperidine rings is 1. The van der Waals surface area contributed by atoms with Gasteiger partial charge in [0.25, 0.3) is 0 Å². The number of para-hydroxylation sites is 2. The molecule has 0 bridgehead atoms. The van der Waals surface area contributed by atoms with Gasteiger partial charge < -0.3 is 24.5 Å². The van der Waals surface area contributed by atoms with Gasteiger partial charge in [-0.3, -0.25) is 0 Å². The molecule has 28 heavy (non-hydrogen) atoms. The van der Waals surface area contributed by atoms with Gasteiger partial charge in [-0.2, -0.15) is 0 Å². The van der Waals surface area contributed by atoms with Crippen molar-refractivity contribution in [1.29, 1.82) is 0 Å². The Morgan fingerprint density at radius 1 is 1.25 bits per heavy atom. The van der Waals surface area contributed by atoms with Crippen LogP contribution in [0.25, 0.3) is 11.0 Å². The Morgan fingerprint density at radius 3 is 2.71 bits per heavy atom. The maximum absolute atomic E-state index is 14.2. The summed E-state index contributed by atoms with van der Waals surface area (Å²) < 4.78 is 25.7. The predicted molar refractivity (Wildman–Crippen MR) is 104 cm³/mol. The second-order valence-electron chi connectivity index (χ2n) is 7.20. The molecule has 1 unspecified atom stereocenters. The zero-order chi connectivity index (χ0) is 19.7. The van der Waals surface area contributed by atoms with E-state index in [4.69, 9.17) is 9.47 Å². The van der Waals surface area contributed by atoms with Gasteiger partial charge >= 0.3 is 0 Å². The van der Waals surface area contributed by atoms with Gasteiger partial charge in [0.05, 0.1) is 24.2 Å². The summed E-state index contributed by atoms with van der Waals surface area (Å²) in [6, 6.07) is 10.1. The number of phenols is 1. The fourth-order valence-electron chi connectivity index (χ4n) is 3.65. The van der Waals surface area contributed by atoms with Crippen LogP contribution in [-0.4, -0.2) is 53.3 Å². The minimum absolute atomic E-state index is 0.0110. The quantitative estimate of drug-likeness (QED) is 0.702. The fourth-order valence-corrected chi connectivity index (χ4v) is 3.65. The average molecular weight is 385 g/mol. The van der Waals surface area contributed by atoms with Crippen molar-refractivity contribution in [2.45, 2.75) is 25.0 Å². The summed E-state index contributed by atoms with van der Waals surface area (Å²) in [4.78, 5) is 10.1. The van der Waals surface area contributed by atoms with Gasteiger partial charge in [-0.25, -0.2) is 9.37 Å². The number of aromatic nitrogens is 2. The number of fused-ring (bicyclic) bond motifs is 1. The van der Waals surface area contributed by atoms with Crippen LogP contribution in [0.15, 0.2) is 36.4 Å². The van der Waals surface area contributed by atoms with Crippen molar-refractivity contribution in [3.63, 3.8) is 0 Å². The predicted octanol–water partition coefficient (Wildman–Crippen LogP) is 3.62. The normalized spacial score (nSPS) is 17.1. The third kappa shape index (κ3) is 3.68. The van der Waals surface area contributed by atoms with E-state index in [0.29, 0.717) is 11.4 Å². The van der Waals surface area contributed by atoms with Crippen LogP contribution >= 0.6 is 0 Å². The van der Waals surface area contributed by atoms with E-state index in [1.807, 2.05) is 24.3 Å². The molecule has 0 radical (unpaired) electrons. The molecule has 0 aliphatic carbocycles. The number of rotatable bonds is 5. The number of benzene rings is 2. The highest BCUT2D eigenvalue weighted by atomic mass is 19.1. The molecule has 1 aliphatic heterocycles. The molecular weight excluding hydrogens is 361 g/mol. The average Bonchev–Trinajstić information content (AvgIpc) is 3.13. The number of H-pyrrole nitrogens is 1. The number of ether oxygens (including phenoxy) is 2. The van der Waals surface area contributed by atoms with E-state index in [0.717, 1.165) is 43.0 Å². The maximum atomic E-state index is 14.2. The van der Waals surface area contributed by atoms with Gasteiger partial charge in [0.2, 0.25) is 0 Å². The Hall–Kier alpha value is -2.64. The minimum atomic E-state index is -0.731. The lowest BCUT2D eigenvalue weighted by Crippen LogP contribution is -2.35. The Morgan fingerprint density at radius 2 is 2.00 bits per heavy atom. The summed E-state index contributed by atoms with van der Waals surface area (Å²) in [5.41, 5.74) is 1.95. The van der Waals surface area contributed by atoms with Crippen molar-refractivity contribution >= 4 is 11.0 Å². The summed E-state index contributed by atoms with van der Waals surface area (Å²) in [5, 5.41) is 10.7. The minimum Gasteiger partial charge on any atom is -0.504 e. The molecule has 1 fully saturated rings. The molecule has 2 N–H and O–H groups in total. The lowest BCUT2D eigenvalue weighted by atomic mass is 10.0. The SMILES string of the molecule is COc1cc(F)cc(C(OC2CCN(C)CC2)c2nc3ccccc3[nH]2)c1O. The second kappa shape index (κ2) is 7.77. The van der Waals surface area contributed by atoms with E-state index in [1.165, 1.54) is 13.2 Å². The van der Waals surface area contributed by atoms with Crippen LogP contribution < -0.4 is 4.74 Å². The topological polar surface area (TPSA) is 70.6 Å². The Balaban J connectivity index is 1.76. The van der Waals surface area contributed by atoms with Crippen molar-refractivity contribution in [2.75, 3.05) is 27.2 Å². The number of nitrogens with zero attached hydrogens (tertiary/aromatic N) is 2. The molecule has 2 heterocycles. The van der Waals surface area contributed by atoms with Crippen LogP contribution in [0.5, 0.6) is 11.5 Å². The first-order valence-electron chi connectivity index (χ1n) is 9.40. The molecule has 0 amide bonds. The van der Waals surface area contributed by atoms with Gasteiger partial charge in [0, 0.05) is 24.7 Å². The van der Waals surface area contributed by atoms with Crippen LogP contribution in [0.2, 0.25) is 0 Å². The number of phenolic OH excluding ortho intramolecular Hbond substituents is 1. The summed E-state index contributed by atoms with van der Waals surface area (Å²) in [6.07, 6.45) is 0.981. The molecule has 0 saturated carbocycles. The number of likely N-dealkylation sites (tertiary alicyclic amines) is 1. The monoisotopic (exact) mass is 385 g/mol. The molecule has 4 rings (SSSR count). The van der Waals surface area contributed by atoms with Gasteiger partial charge in [0.15, 0.2) is 11.5 Å². The molecule has 2 aromatic carbocycles. The fraction of sp³-hybridized carbons (Fsp3) is 0.381. The van der Waals surface area contributed by atoms with E-state index in [1.54, 1.807) is 0 Å². The summed E-state index contributed by atoms with van der Waals surface area (Å²) in [6.45, 7) is 1.85. The summed E-state index contributed by atoms with van der Waals surface area (Å²) >= 11 is 0. The van der Waals surface area contributed by atoms with Crippen LogP contribution in [0, 0.1) is 5.82 Å². The van der Waals surface area contributed by atoms with Gasteiger partial charge in [-0.05, 0) is 38.1 Å². The highest BCUT2D eigenvalue weighted by molar-refractivity contribution is 5.75. The third-order valence-electron chi connectivity index (χ3n) is 5.22. The number of nitrogens with one attached hydrogen (secondary N) is 1. The van der Waals surface area contributed by atoms with Crippen molar-refractivity contribution in [3.8, 4) is 11.5 Å². The van der Waals surface area contributed by atoms with Crippen LogP contribution in [0.3, 0.4) is 0 Å². The van der Waals surface area contributed by atoms with Crippen LogP contribution in [-0.2, 0) is 4.74 Å². The lowest BCUT2D eigenvalue weighted by Gasteiger charge is -2.31. The molecule has 148 valence electrons. The van der Waals surface area contributed by atoms with Gasteiger partial charge in [0.1, 0.15) is 17.7 Å². The molecule has 1 aromatic heterocycles. The summed E-state index contributed by atoms with van der Waals surface area (Å²) in [5.74, 6) is -0.0359.